The van der Waals surface area contributed by atoms with Crippen molar-refractivity contribution >= 4 is 34.4 Å². The molecule has 6 heteroatoms. The Morgan fingerprint density at radius 1 is 0.750 bits per heavy atom. The monoisotopic (exact) mass is 264 g/mol. The van der Waals surface area contributed by atoms with Gasteiger partial charge in [-0.25, -0.2) is 8.42 Å². The first-order chi connectivity index (χ1) is 7.05. The summed E-state index contributed by atoms with van der Waals surface area (Å²) >= 11 is 0. The summed E-state index contributed by atoms with van der Waals surface area (Å²) in [6, 6.07) is 0. The molecule has 0 aromatic carbocycles. The van der Waals surface area contributed by atoms with E-state index in [0.29, 0.717) is 0 Å². The highest BCUT2D eigenvalue weighted by Gasteiger charge is 2.19. The topological polar surface area (TPSA) is 58.9 Å². The maximum absolute atomic E-state index is 11.5. The van der Waals surface area contributed by atoms with Crippen LogP contribution in [0.5, 0.6) is 0 Å². The lowest BCUT2D eigenvalue weighted by Crippen LogP contribution is -2.20. The second kappa shape index (κ2) is 5.82. The van der Waals surface area contributed by atoms with Crippen LogP contribution in [0.4, 0.5) is 0 Å². The molecule has 0 saturated heterocycles. The Bertz CT molecular complexity index is 302. The molecule has 0 aromatic heterocycles. The van der Waals surface area contributed by atoms with E-state index in [1.165, 1.54) is 12.4 Å². The Labute approximate surface area is 103 Å². The molecular formula is C10H20N2O2S2. The molecule has 16 heavy (non-hydrogen) atoms. The predicted molar refractivity (Wildman–Crippen MR) is 72.8 cm³/mol. The van der Waals surface area contributed by atoms with Crippen LogP contribution in [0.15, 0.2) is 8.80 Å². The van der Waals surface area contributed by atoms with E-state index in [4.69, 9.17) is 0 Å². The normalized spacial score (nSPS) is 18.1. The van der Waals surface area contributed by atoms with E-state index in [0.717, 1.165) is 0 Å². The van der Waals surface area contributed by atoms with E-state index >= 15 is 0 Å². The third kappa shape index (κ3) is 6.27. The van der Waals surface area contributed by atoms with Gasteiger partial charge in [-0.05, 0) is 41.5 Å². The van der Waals surface area contributed by atoms with E-state index in [-0.39, 0.29) is 9.49 Å². The van der Waals surface area contributed by atoms with Crippen molar-refractivity contribution in [3.8, 4) is 0 Å². The highest BCUT2D eigenvalue weighted by Crippen LogP contribution is 2.12. The van der Waals surface area contributed by atoms with Gasteiger partial charge >= 0.3 is 0 Å². The maximum atomic E-state index is 11.5. The van der Waals surface area contributed by atoms with E-state index in [1.54, 1.807) is 0 Å². The van der Waals surface area contributed by atoms with Gasteiger partial charge in [-0.15, -0.1) is 0 Å². The Kier molecular flexibility index (Phi) is 5.69. The Balaban J connectivity index is 4.38. The first-order valence-electron chi connectivity index (χ1n) is 4.96. The molecule has 0 spiro atoms. The fourth-order valence-electron chi connectivity index (χ4n) is 0.481. The summed E-state index contributed by atoms with van der Waals surface area (Å²) < 4.78 is 29.8. The van der Waals surface area contributed by atoms with Gasteiger partial charge in [0.05, 0.1) is 21.9 Å². The molecule has 2 atom stereocenters. The lowest BCUT2D eigenvalue weighted by molar-refractivity contribution is 0.650. The number of rotatable bonds is 3. The van der Waals surface area contributed by atoms with E-state index in [1.807, 2.05) is 41.5 Å². The minimum Gasteiger partial charge on any atom is -0.234 e. The fourth-order valence-corrected chi connectivity index (χ4v) is 1.44. The number of hydrogen-bond donors (Lipinski definition) is 0. The summed E-state index contributed by atoms with van der Waals surface area (Å²) in [5.41, 5.74) is 0. The van der Waals surface area contributed by atoms with Crippen LogP contribution in [0.1, 0.15) is 41.5 Å². The van der Waals surface area contributed by atoms with Gasteiger partial charge < -0.3 is 0 Å². The van der Waals surface area contributed by atoms with Crippen molar-refractivity contribution in [1.82, 2.24) is 0 Å². The molecule has 0 aromatic rings. The molecule has 0 amide bonds. The van der Waals surface area contributed by atoms with E-state index in [9.17, 15) is 8.42 Å². The lowest BCUT2D eigenvalue weighted by Gasteiger charge is -2.13. The van der Waals surface area contributed by atoms with Gasteiger partial charge in [-0.2, -0.15) is 8.80 Å². The predicted octanol–water partition coefficient (Wildman–Crippen LogP) is 2.05. The van der Waals surface area contributed by atoms with Crippen LogP contribution in [-0.2, 0) is 22.0 Å². The van der Waals surface area contributed by atoms with Gasteiger partial charge in [0.25, 0.3) is 0 Å². The van der Waals surface area contributed by atoms with Gasteiger partial charge in [0.15, 0.2) is 0 Å². The first kappa shape index (κ1) is 15.6. The Hall–Kier alpha value is -0.360. The minimum absolute atomic E-state index is 0.381. The molecular weight excluding hydrogens is 244 g/mol. The average Bonchev–Trinajstić information content (AvgIpc) is 2.08. The lowest BCUT2D eigenvalue weighted by atomic mass is 10.3. The average molecular weight is 264 g/mol. The molecule has 0 heterocycles. The molecule has 0 saturated carbocycles. The van der Waals surface area contributed by atoms with Crippen molar-refractivity contribution in [2.45, 2.75) is 51.0 Å². The quantitative estimate of drug-likeness (QED) is 0.732. The third-order valence-corrected chi connectivity index (χ3v) is 4.15. The van der Waals surface area contributed by atoms with Crippen molar-refractivity contribution in [1.29, 1.82) is 0 Å². The zero-order valence-electron chi connectivity index (χ0n) is 10.7. The molecule has 0 aliphatic heterocycles. The molecule has 4 nitrogen and oxygen atoms in total. The van der Waals surface area contributed by atoms with Gasteiger partial charge in [0, 0.05) is 0 Å². The van der Waals surface area contributed by atoms with Crippen LogP contribution in [0, 0.1) is 0 Å². The Morgan fingerprint density at radius 3 is 1.19 bits per heavy atom. The van der Waals surface area contributed by atoms with Crippen LogP contribution in [0.2, 0.25) is 0 Å². The molecule has 0 bridgehead atoms. The van der Waals surface area contributed by atoms with Crippen LogP contribution in [0.3, 0.4) is 0 Å². The van der Waals surface area contributed by atoms with E-state index < -0.39 is 22.0 Å². The molecule has 0 radical (unpaired) electrons. The third-order valence-electron chi connectivity index (χ3n) is 1.43. The second-order valence-electron chi connectivity index (χ2n) is 5.23. The molecule has 0 aliphatic rings. The van der Waals surface area contributed by atoms with Crippen LogP contribution < -0.4 is 0 Å². The second-order valence-corrected chi connectivity index (χ2v) is 9.10. The summed E-state index contributed by atoms with van der Waals surface area (Å²) in [6.07, 6.45) is 2.68. The summed E-state index contributed by atoms with van der Waals surface area (Å²) in [7, 11) is -2.59. The zero-order chi connectivity index (χ0) is 13.0. The molecule has 0 aliphatic carbocycles. The standard InChI is InChI=1S/C10H20N2O2S2/c1-9(2,3)15(13)11-7-8-12-16(14)10(4,5)6/h7-8H,1-6H3/t15-,16-/m1/s1. The highest BCUT2D eigenvalue weighted by atomic mass is 32.2. The van der Waals surface area contributed by atoms with Crippen molar-refractivity contribution in [3.63, 3.8) is 0 Å². The molecule has 0 N–H and O–H groups in total. The zero-order valence-corrected chi connectivity index (χ0v) is 12.3. The molecule has 0 unspecified atom stereocenters. The number of nitrogens with zero attached hydrogens (tertiary/aromatic N) is 2. The van der Waals surface area contributed by atoms with E-state index in [2.05, 4.69) is 8.80 Å². The molecule has 94 valence electrons. The van der Waals surface area contributed by atoms with Crippen LogP contribution >= 0.6 is 0 Å². The molecule has 0 rings (SSSR count). The Morgan fingerprint density at radius 2 is 1.00 bits per heavy atom. The highest BCUT2D eigenvalue weighted by molar-refractivity contribution is 7.85. The maximum Gasteiger partial charge on any atom is 0.144 e. The van der Waals surface area contributed by atoms with Crippen molar-refractivity contribution < 1.29 is 8.42 Å². The summed E-state index contributed by atoms with van der Waals surface area (Å²) in [5.74, 6) is 0. The summed E-state index contributed by atoms with van der Waals surface area (Å²) in [5, 5.41) is 0. The smallest absolute Gasteiger partial charge is 0.144 e. The van der Waals surface area contributed by atoms with Crippen molar-refractivity contribution in [2.24, 2.45) is 8.80 Å². The van der Waals surface area contributed by atoms with Gasteiger partial charge in [0.1, 0.15) is 22.0 Å². The SMILES string of the molecule is CC(C)(C)[S@@](=O)N=CC=N[S@](=O)C(C)(C)C. The van der Waals surface area contributed by atoms with Crippen LogP contribution in [0.25, 0.3) is 0 Å². The van der Waals surface area contributed by atoms with Crippen molar-refractivity contribution in [3.05, 3.63) is 0 Å². The largest absolute Gasteiger partial charge is 0.234 e. The first-order valence-corrected chi connectivity index (χ1v) is 7.17. The van der Waals surface area contributed by atoms with Crippen molar-refractivity contribution in [2.75, 3.05) is 0 Å². The van der Waals surface area contributed by atoms with Crippen LogP contribution in [-0.4, -0.2) is 30.3 Å². The van der Waals surface area contributed by atoms with Gasteiger partial charge in [0.2, 0.25) is 0 Å². The van der Waals surface area contributed by atoms with Gasteiger partial charge in [-0.3, -0.25) is 0 Å². The molecule has 0 fully saturated rings. The number of hydrogen-bond acceptors (Lipinski definition) is 2. The summed E-state index contributed by atoms with van der Waals surface area (Å²) in [4.78, 5) is 0. The minimum atomic E-state index is -1.29. The van der Waals surface area contributed by atoms with Gasteiger partial charge in [-0.1, -0.05) is 0 Å². The summed E-state index contributed by atoms with van der Waals surface area (Å²) in [6.45, 7) is 11.0. The fraction of sp³-hybridized carbons (Fsp3) is 0.800.